The van der Waals surface area contributed by atoms with Crippen LogP contribution in [0.4, 0.5) is 0 Å². The summed E-state index contributed by atoms with van der Waals surface area (Å²) in [6.45, 7) is 24.8. The van der Waals surface area contributed by atoms with Crippen molar-refractivity contribution in [3.05, 3.63) is 119 Å². The van der Waals surface area contributed by atoms with E-state index in [-0.39, 0.29) is 15.9 Å². The first-order chi connectivity index (χ1) is 29.9. The first kappa shape index (κ1) is 43.8. The molecule has 0 aromatic heterocycles. The molecule has 4 aliphatic rings. The van der Waals surface area contributed by atoms with Gasteiger partial charge in [0.2, 0.25) is 0 Å². The molecule has 1 saturated carbocycles. The summed E-state index contributed by atoms with van der Waals surface area (Å²) in [6.07, 6.45) is 11.8. The topological polar surface area (TPSA) is 46.2 Å². The zero-order valence-corrected chi connectivity index (χ0v) is 40.6. The normalized spacial score (nSPS) is 20.3. The van der Waals surface area contributed by atoms with Crippen LogP contribution in [0, 0.1) is 17.3 Å². The summed E-state index contributed by atoms with van der Waals surface area (Å²) in [4.78, 5) is 0.814. The third-order valence-corrected chi connectivity index (χ3v) is 17.0. The number of hydrogen-bond acceptors (Lipinski definition) is 6. The molecule has 1 fully saturated rings. The van der Waals surface area contributed by atoms with Gasteiger partial charge in [0.15, 0.2) is 10.5 Å². The Morgan fingerprint density at radius 3 is 1.94 bits per heavy atom. The maximum atomic E-state index is 7.90. The summed E-state index contributed by atoms with van der Waals surface area (Å²) in [7, 11) is 1.72. The van der Waals surface area contributed by atoms with Gasteiger partial charge in [-0.15, -0.1) is 0 Å². The largest absolute Gasteiger partial charge is 0.497 e. The van der Waals surface area contributed by atoms with E-state index in [0.717, 1.165) is 52.4 Å². The van der Waals surface area contributed by atoms with Crippen LogP contribution in [-0.4, -0.2) is 29.9 Å². The second-order valence-corrected chi connectivity index (χ2v) is 22.4. The van der Waals surface area contributed by atoms with Crippen LogP contribution in [0.3, 0.4) is 0 Å². The fraction of sp³-hybridized carbons (Fsp3) is 0.474. The molecule has 2 aliphatic heterocycles. The van der Waals surface area contributed by atoms with Gasteiger partial charge in [0.05, 0.1) is 24.2 Å². The molecule has 6 heteroatoms. The van der Waals surface area contributed by atoms with Gasteiger partial charge < -0.3 is 23.7 Å². The minimum Gasteiger partial charge on any atom is -0.497 e. The van der Waals surface area contributed by atoms with E-state index in [9.17, 15) is 0 Å². The fourth-order valence-corrected chi connectivity index (χ4v) is 12.7. The zero-order valence-electron chi connectivity index (χ0n) is 39.8. The molecule has 1 unspecified atom stereocenters. The zero-order chi connectivity index (χ0) is 44.7. The molecule has 1 spiro atoms. The lowest BCUT2D eigenvalue weighted by Crippen LogP contribution is -2.40. The Morgan fingerprint density at radius 2 is 1.35 bits per heavy atom. The molecule has 2 aliphatic carbocycles. The lowest BCUT2D eigenvalue weighted by Gasteiger charge is -2.47. The van der Waals surface area contributed by atoms with Crippen molar-refractivity contribution in [2.75, 3.05) is 13.7 Å². The van der Waals surface area contributed by atoms with Gasteiger partial charge in [0.1, 0.15) is 28.6 Å². The molecule has 0 radical (unpaired) electrons. The highest BCUT2D eigenvalue weighted by Crippen LogP contribution is 2.66. The fourth-order valence-electron chi connectivity index (χ4n) is 11.3. The lowest BCUT2D eigenvalue weighted by atomic mass is 9.58. The maximum Gasteiger partial charge on any atom is 0.178 e. The van der Waals surface area contributed by atoms with Gasteiger partial charge in [-0.3, -0.25) is 0 Å². The minimum absolute atomic E-state index is 0.122. The number of rotatable bonds is 11. The van der Waals surface area contributed by atoms with Crippen molar-refractivity contribution < 1.29 is 23.7 Å². The second kappa shape index (κ2) is 15.7. The minimum atomic E-state index is -0.948. The number of methoxy groups -OCH3 is 1. The van der Waals surface area contributed by atoms with Crippen LogP contribution in [0.2, 0.25) is 0 Å². The Bertz CT molecular complexity index is 2540. The number of thioether (sulfide) groups is 1. The molecule has 0 bridgehead atoms. The monoisotopic (exact) mass is 864 g/mol. The first-order valence-electron chi connectivity index (χ1n) is 23.5. The highest BCUT2D eigenvalue weighted by atomic mass is 32.2. The Labute approximate surface area is 381 Å². The molecule has 0 N–H and O–H groups in total. The second-order valence-electron chi connectivity index (χ2n) is 21.1. The lowest BCUT2D eigenvalue weighted by molar-refractivity contribution is -0.0723. The molecule has 0 saturated heterocycles. The number of ether oxygens (including phenoxy) is 5. The SMILES string of the molecule is CCC1(CC)CCC2(CC1)c1ccccc1-c1c2c2c(c3cc4c(cc13)OC(C(C)C)(C(C)C)S4)OC(c1ccc(OC)cc1)(c1ccc(OC(C)(C)COC(C)(C)C)cc1)C=C2. The van der Waals surface area contributed by atoms with Gasteiger partial charge in [0.25, 0.3) is 0 Å². The molecular weight excluding hydrogens is 797 g/mol. The van der Waals surface area contributed by atoms with Crippen molar-refractivity contribution in [3.8, 4) is 34.1 Å². The van der Waals surface area contributed by atoms with Crippen LogP contribution in [-0.2, 0) is 15.8 Å². The predicted octanol–water partition coefficient (Wildman–Crippen LogP) is 15.3. The van der Waals surface area contributed by atoms with Gasteiger partial charge in [0, 0.05) is 39.3 Å². The third kappa shape index (κ3) is 7.17. The van der Waals surface area contributed by atoms with Gasteiger partial charge in [-0.2, -0.15) is 0 Å². The summed E-state index contributed by atoms with van der Waals surface area (Å²) in [6, 6.07) is 30.9. The summed E-state index contributed by atoms with van der Waals surface area (Å²) < 4.78 is 33.5. The summed E-state index contributed by atoms with van der Waals surface area (Å²) in [5, 5.41) is 2.34. The highest BCUT2D eigenvalue weighted by molar-refractivity contribution is 8.01. The average molecular weight is 865 g/mol. The smallest absolute Gasteiger partial charge is 0.178 e. The highest BCUT2D eigenvalue weighted by Gasteiger charge is 2.53. The van der Waals surface area contributed by atoms with Crippen molar-refractivity contribution in [1.29, 1.82) is 0 Å². The predicted molar refractivity (Wildman–Crippen MR) is 261 cm³/mol. The van der Waals surface area contributed by atoms with E-state index in [2.05, 4.69) is 161 Å². The summed E-state index contributed by atoms with van der Waals surface area (Å²) in [5.41, 5.74) is 7.39. The van der Waals surface area contributed by atoms with Gasteiger partial charge >= 0.3 is 0 Å². The molecule has 0 amide bonds. The molecule has 9 rings (SSSR count). The quantitative estimate of drug-likeness (QED) is 0.132. The maximum absolute atomic E-state index is 7.90. The first-order valence-corrected chi connectivity index (χ1v) is 24.4. The van der Waals surface area contributed by atoms with E-state index in [4.69, 9.17) is 23.7 Å². The molecule has 1 atom stereocenters. The van der Waals surface area contributed by atoms with Gasteiger partial charge in [-0.1, -0.05) is 121 Å². The van der Waals surface area contributed by atoms with E-state index in [1.54, 1.807) is 7.11 Å². The number of benzene rings is 5. The standard InChI is InChI=1S/C57H68O5S/c1-13-54(14-2)29-31-55(32-30-54)46-18-16-15-17-42(46)49-44-33-47-48(63-57(61-47,36(3)4)37(5)6)34-45(44)51-43(50(49)55)27-28-56(62-51,38-19-23-40(58-12)24-20-38)39-21-25-41(26-22-39)60-53(10,11)35-59-52(7,8)9/h15-28,33-34,36-37H,13-14,29-32,35H2,1-12H3. The van der Waals surface area contributed by atoms with Crippen molar-refractivity contribution in [1.82, 2.24) is 0 Å². The van der Waals surface area contributed by atoms with E-state index >= 15 is 0 Å². The Kier molecular flexibility index (Phi) is 10.9. The number of fused-ring (bicyclic) bond motifs is 11. The van der Waals surface area contributed by atoms with Crippen LogP contribution in [0.15, 0.2) is 95.9 Å². The summed E-state index contributed by atoms with van der Waals surface area (Å²) in [5.74, 6) is 4.13. The Morgan fingerprint density at radius 1 is 0.730 bits per heavy atom. The molecular formula is C57H68O5S. The van der Waals surface area contributed by atoms with Crippen molar-refractivity contribution in [3.63, 3.8) is 0 Å². The third-order valence-electron chi connectivity index (χ3n) is 15.2. The Balaban J connectivity index is 1.26. The van der Waals surface area contributed by atoms with E-state index in [0.29, 0.717) is 23.9 Å². The van der Waals surface area contributed by atoms with Crippen LogP contribution in [0.25, 0.3) is 28.0 Å². The van der Waals surface area contributed by atoms with Crippen molar-refractivity contribution >= 4 is 28.6 Å². The molecule has 5 aromatic rings. The van der Waals surface area contributed by atoms with Crippen LogP contribution >= 0.6 is 11.8 Å². The van der Waals surface area contributed by atoms with Crippen molar-refractivity contribution in [2.24, 2.45) is 17.3 Å². The van der Waals surface area contributed by atoms with Crippen LogP contribution in [0.1, 0.15) is 143 Å². The van der Waals surface area contributed by atoms with Gasteiger partial charge in [-0.25, -0.2) is 0 Å². The molecule has 2 heterocycles. The van der Waals surface area contributed by atoms with E-state index in [1.807, 2.05) is 23.9 Å². The molecule has 5 nitrogen and oxygen atoms in total. The average Bonchev–Trinajstić information content (AvgIpc) is 3.80. The van der Waals surface area contributed by atoms with Gasteiger partial charge in [-0.05, 0) is 136 Å². The molecule has 332 valence electrons. The van der Waals surface area contributed by atoms with Crippen LogP contribution < -0.4 is 18.9 Å². The van der Waals surface area contributed by atoms with E-state index in [1.165, 1.54) is 63.8 Å². The molecule has 5 aromatic carbocycles. The molecule has 63 heavy (non-hydrogen) atoms. The van der Waals surface area contributed by atoms with Crippen molar-refractivity contribution in [2.45, 2.75) is 147 Å². The van der Waals surface area contributed by atoms with Crippen LogP contribution in [0.5, 0.6) is 23.0 Å². The summed E-state index contributed by atoms with van der Waals surface area (Å²) >= 11 is 1.89. The van der Waals surface area contributed by atoms with E-state index < -0.39 is 11.2 Å². The number of hydrogen-bond donors (Lipinski definition) is 0. The Hall–Kier alpha value is -4.39.